The number of fused-ring (bicyclic) bond motifs is 2. The molecule has 3 aromatic carbocycles. The first-order chi connectivity index (χ1) is 11.8. The molecule has 0 radical (unpaired) electrons. The van der Waals surface area contributed by atoms with Crippen molar-refractivity contribution in [1.29, 1.82) is 0 Å². The first-order valence-electron chi connectivity index (χ1n) is 7.73. The zero-order valence-corrected chi connectivity index (χ0v) is 13.2. The summed E-state index contributed by atoms with van der Waals surface area (Å²) in [6.45, 7) is 0. The summed E-state index contributed by atoms with van der Waals surface area (Å²) in [6.07, 6.45) is 1.80. The van der Waals surface area contributed by atoms with Crippen molar-refractivity contribution in [2.45, 2.75) is 0 Å². The lowest BCUT2D eigenvalue weighted by Crippen LogP contribution is -2.01. The van der Waals surface area contributed by atoms with E-state index >= 15 is 0 Å². The van der Waals surface area contributed by atoms with Gasteiger partial charge < -0.3 is 4.74 Å². The number of benzene rings is 2. The first-order valence-corrected chi connectivity index (χ1v) is 7.73. The Morgan fingerprint density at radius 1 is 0.875 bits per heavy atom. The summed E-state index contributed by atoms with van der Waals surface area (Å²) < 4.78 is 5.39. The van der Waals surface area contributed by atoms with Gasteiger partial charge in [0.05, 0.1) is 18.0 Å². The minimum atomic E-state index is -0.0623. The van der Waals surface area contributed by atoms with Crippen molar-refractivity contribution in [3.05, 3.63) is 83.2 Å². The summed E-state index contributed by atoms with van der Waals surface area (Å²) >= 11 is 0. The third kappa shape index (κ3) is 2.31. The lowest BCUT2D eigenvalue weighted by molar-refractivity contribution is 0.419. The number of hydrogen-bond acceptors (Lipinski definition) is 3. The van der Waals surface area contributed by atoms with E-state index in [1.165, 1.54) is 0 Å². The molecule has 0 fully saturated rings. The maximum atomic E-state index is 13.1. The average Bonchev–Trinajstić information content (AvgIpc) is 2.79. The molecule has 0 saturated heterocycles. The highest BCUT2D eigenvalue weighted by molar-refractivity contribution is 5.96. The predicted molar refractivity (Wildman–Crippen MR) is 97.5 cm³/mol. The normalized spacial score (nSPS) is 10.9. The van der Waals surface area contributed by atoms with Gasteiger partial charge in [0.1, 0.15) is 5.75 Å². The van der Waals surface area contributed by atoms with Gasteiger partial charge in [0.25, 0.3) is 0 Å². The molecule has 1 aromatic heterocycles. The van der Waals surface area contributed by atoms with Crippen LogP contribution in [0.2, 0.25) is 0 Å². The fourth-order valence-electron chi connectivity index (χ4n) is 2.98. The Kier molecular flexibility index (Phi) is 3.47. The largest absolute Gasteiger partial charge is 0.496 e. The highest BCUT2D eigenvalue weighted by atomic mass is 16.5. The van der Waals surface area contributed by atoms with E-state index in [1.807, 2.05) is 66.7 Å². The molecule has 0 atom stereocenters. The molecule has 0 aliphatic carbocycles. The molecular weight excluding hydrogens is 298 g/mol. The lowest BCUT2D eigenvalue weighted by Gasteiger charge is -2.03. The van der Waals surface area contributed by atoms with Crippen molar-refractivity contribution in [3.63, 3.8) is 0 Å². The molecule has 0 aliphatic rings. The Balaban J connectivity index is 2.11. The van der Waals surface area contributed by atoms with E-state index in [4.69, 9.17) is 4.74 Å². The van der Waals surface area contributed by atoms with Crippen molar-refractivity contribution in [3.8, 4) is 16.9 Å². The smallest absolute Gasteiger partial charge is 0.199 e. The molecule has 3 heteroatoms. The molecule has 1 heterocycles. The van der Waals surface area contributed by atoms with Gasteiger partial charge in [0.15, 0.2) is 5.43 Å². The van der Waals surface area contributed by atoms with Gasteiger partial charge in [0.2, 0.25) is 0 Å². The van der Waals surface area contributed by atoms with Crippen LogP contribution in [-0.4, -0.2) is 12.1 Å². The van der Waals surface area contributed by atoms with Crippen LogP contribution in [0.4, 0.5) is 0 Å². The molecule has 0 aliphatic heterocycles. The molecule has 24 heavy (non-hydrogen) atoms. The molecule has 0 amide bonds. The Morgan fingerprint density at radius 3 is 2.50 bits per heavy atom. The van der Waals surface area contributed by atoms with Crippen LogP contribution in [0.1, 0.15) is 0 Å². The number of rotatable bonds is 2. The SMILES string of the molecule is COc1cccc2ccc3ncc(-c4ccccc4)cc3c(=O)c12. The van der Waals surface area contributed by atoms with Crippen LogP contribution in [0.5, 0.6) is 5.75 Å². The molecule has 116 valence electrons. The van der Waals surface area contributed by atoms with E-state index < -0.39 is 0 Å². The molecule has 4 rings (SSSR count). The molecule has 3 nitrogen and oxygen atoms in total. The number of ether oxygens (including phenoxy) is 1. The van der Waals surface area contributed by atoms with Crippen LogP contribution in [0.3, 0.4) is 0 Å². The molecule has 0 spiro atoms. The van der Waals surface area contributed by atoms with Crippen molar-refractivity contribution in [1.82, 2.24) is 4.98 Å². The summed E-state index contributed by atoms with van der Waals surface area (Å²) in [5.74, 6) is 0.583. The molecule has 0 N–H and O–H groups in total. The molecule has 0 saturated carbocycles. The van der Waals surface area contributed by atoms with Crippen LogP contribution in [0, 0.1) is 0 Å². The monoisotopic (exact) mass is 313 g/mol. The van der Waals surface area contributed by atoms with Crippen molar-refractivity contribution in [2.75, 3.05) is 7.11 Å². The molecule has 4 aromatic rings. The van der Waals surface area contributed by atoms with E-state index in [0.29, 0.717) is 22.0 Å². The van der Waals surface area contributed by atoms with Gasteiger partial charge in [-0.05, 0) is 29.1 Å². The van der Waals surface area contributed by atoms with Crippen molar-refractivity contribution >= 4 is 21.7 Å². The predicted octanol–water partition coefficient (Wildman–Crippen LogP) is 4.42. The highest BCUT2D eigenvalue weighted by Crippen LogP contribution is 2.25. The van der Waals surface area contributed by atoms with Gasteiger partial charge in [-0.3, -0.25) is 9.78 Å². The summed E-state index contributed by atoms with van der Waals surface area (Å²) in [5.41, 5.74) is 2.58. The van der Waals surface area contributed by atoms with Crippen molar-refractivity contribution < 1.29 is 4.74 Å². The second kappa shape index (κ2) is 5.78. The van der Waals surface area contributed by atoms with Crippen LogP contribution in [0.15, 0.2) is 77.7 Å². The fraction of sp³-hybridized carbons (Fsp3) is 0.0476. The summed E-state index contributed by atoms with van der Waals surface area (Å²) in [7, 11) is 1.58. The van der Waals surface area contributed by atoms with E-state index in [9.17, 15) is 4.79 Å². The Hall–Kier alpha value is -3.20. The van der Waals surface area contributed by atoms with E-state index in [-0.39, 0.29) is 5.43 Å². The number of methoxy groups -OCH3 is 1. The van der Waals surface area contributed by atoms with Crippen LogP contribution in [0.25, 0.3) is 32.8 Å². The van der Waals surface area contributed by atoms with Gasteiger partial charge in [-0.2, -0.15) is 0 Å². The Bertz CT molecular complexity index is 1110. The van der Waals surface area contributed by atoms with Gasteiger partial charge in [-0.1, -0.05) is 48.5 Å². The van der Waals surface area contributed by atoms with Crippen LogP contribution < -0.4 is 10.2 Å². The number of hydrogen-bond donors (Lipinski definition) is 0. The minimum absolute atomic E-state index is 0.0623. The zero-order chi connectivity index (χ0) is 16.5. The Morgan fingerprint density at radius 2 is 1.71 bits per heavy atom. The van der Waals surface area contributed by atoms with Gasteiger partial charge in [0, 0.05) is 17.1 Å². The second-order valence-corrected chi connectivity index (χ2v) is 5.61. The van der Waals surface area contributed by atoms with Gasteiger partial charge >= 0.3 is 0 Å². The second-order valence-electron chi connectivity index (χ2n) is 5.61. The van der Waals surface area contributed by atoms with E-state index in [1.54, 1.807) is 13.3 Å². The lowest BCUT2D eigenvalue weighted by atomic mass is 10.1. The highest BCUT2D eigenvalue weighted by Gasteiger charge is 2.09. The van der Waals surface area contributed by atoms with E-state index in [2.05, 4.69) is 4.98 Å². The maximum absolute atomic E-state index is 13.1. The average molecular weight is 313 g/mol. The maximum Gasteiger partial charge on any atom is 0.199 e. The van der Waals surface area contributed by atoms with Gasteiger partial charge in [-0.25, -0.2) is 0 Å². The molecule has 0 bridgehead atoms. The van der Waals surface area contributed by atoms with E-state index in [0.717, 1.165) is 16.5 Å². The third-order valence-corrected chi connectivity index (χ3v) is 4.20. The zero-order valence-electron chi connectivity index (χ0n) is 13.2. The summed E-state index contributed by atoms with van der Waals surface area (Å²) in [5, 5.41) is 2.02. The van der Waals surface area contributed by atoms with Crippen molar-refractivity contribution in [2.24, 2.45) is 0 Å². The fourth-order valence-corrected chi connectivity index (χ4v) is 2.98. The number of nitrogens with zero attached hydrogens (tertiary/aromatic N) is 1. The summed E-state index contributed by atoms with van der Waals surface area (Å²) in [4.78, 5) is 17.6. The number of pyridine rings is 1. The Labute approximate surface area is 139 Å². The minimum Gasteiger partial charge on any atom is -0.496 e. The third-order valence-electron chi connectivity index (χ3n) is 4.20. The van der Waals surface area contributed by atoms with Crippen LogP contribution in [-0.2, 0) is 0 Å². The number of aromatic nitrogens is 1. The first kappa shape index (κ1) is 14.4. The topological polar surface area (TPSA) is 39.2 Å². The quantitative estimate of drug-likeness (QED) is 0.550. The van der Waals surface area contributed by atoms with Gasteiger partial charge in [-0.15, -0.1) is 0 Å². The molecule has 0 unspecified atom stereocenters. The standard InChI is InChI=1S/C21H15NO2/c1-24-19-9-5-8-15-10-11-18-17(21(23)20(15)19)12-16(13-22-18)14-6-3-2-4-7-14/h2-13H,1H3. The summed E-state index contributed by atoms with van der Waals surface area (Å²) in [6, 6.07) is 21.2. The molecular formula is C21H15NO2. The van der Waals surface area contributed by atoms with Crippen LogP contribution >= 0.6 is 0 Å².